The van der Waals surface area contributed by atoms with Gasteiger partial charge in [0.25, 0.3) is 0 Å². The molecule has 6 heteroatoms. The van der Waals surface area contributed by atoms with E-state index in [4.69, 9.17) is 15.3 Å². The van der Waals surface area contributed by atoms with E-state index in [1.165, 1.54) is 0 Å². The van der Waals surface area contributed by atoms with E-state index in [1.807, 2.05) is 5.32 Å². The largest absolute Gasteiger partial charge is 0.478 e. The number of aliphatic hydroxyl groups excluding tert-OH is 1. The molecule has 6 nitrogen and oxygen atoms in total. The molecule has 0 atom stereocenters. The number of hydrogen-bond acceptors (Lipinski definition) is 4. The number of carbonyl (C=O) groups is 2. The SMILES string of the molecule is O=C(O)/C=C\C(=O)NCC(O)O. The number of carbonyl (C=O) groups excluding carboxylic acids is 1. The van der Waals surface area contributed by atoms with Crippen LogP contribution in [0.5, 0.6) is 0 Å². The Hall–Kier alpha value is -1.40. The molecular formula is C6H9NO5. The van der Waals surface area contributed by atoms with E-state index >= 15 is 0 Å². The molecule has 0 aromatic heterocycles. The van der Waals surface area contributed by atoms with Crippen molar-refractivity contribution in [1.82, 2.24) is 5.32 Å². The van der Waals surface area contributed by atoms with Gasteiger partial charge in [0.05, 0.1) is 6.54 Å². The van der Waals surface area contributed by atoms with E-state index < -0.39 is 18.2 Å². The summed E-state index contributed by atoms with van der Waals surface area (Å²) in [4.78, 5) is 20.4. The van der Waals surface area contributed by atoms with E-state index in [9.17, 15) is 9.59 Å². The number of aliphatic hydroxyl groups is 2. The zero-order valence-electron chi connectivity index (χ0n) is 6.10. The summed E-state index contributed by atoms with van der Waals surface area (Å²) in [5, 5.41) is 26.7. The van der Waals surface area contributed by atoms with Crippen LogP contribution < -0.4 is 5.32 Å². The van der Waals surface area contributed by atoms with Crippen LogP contribution in [0.4, 0.5) is 0 Å². The normalized spacial score (nSPS) is 10.6. The lowest BCUT2D eigenvalue weighted by Gasteiger charge is -2.02. The van der Waals surface area contributed by atoms with Crippen LogP contribution in [-0.4, -0.2) is 40.0 Å². The van der Waals surface area contributed by atoms with Crippen LogP contribution in [0.25, 0.3) is 0 Å². The molecule has 0 aliphatic heterocycles. The van der Waals surface area contributed by atoms with Gasteiger partial charge in [-0.15, -0.1) is 0 Å². The lowest BCUT2D eigenvalue weighted by molar-refractivity contribution is -0.131. The van der Waals surface area contributed by atoms with E-state index in [2.05, 4.69) is 0 Å². The van der Waals surface area contributed by atoms with Crippen LogP contribution in [0.3, 0.4) is 0 Å². The fourth-order valence-corrected chi connectivity index (χ4v) is 0.398. The maximum Gasteiger partial charge on any atom is 0.328 e. The summed E-state index contributed by atoms with van der Waals surface area (Å²) >= 11 is 0. The first-order chi connectivity index (χ1) is 5.52. The minimum atomic E-state index is -1.63. The maximum absolute atomic E-state index is 10.6. The molecule has 0 radical (unpaired) electrons. The molecule has 0 aliphatic carbocycles. The fraction of sp³-hybridized carbons (Fsp3) is 0.333. The second kappa shape index (κ2) is 5.28. The van der Waals surface area contributed by atoms with Gasteiger partial charge in [-0.1, -0.05) is 0 Å². The lowest BCUT2D eigenvalue weighted by atomic mass is 10.4. The average molecular weight is 175 g/mol. The van der Waals surface area contributed by atoms with Crippen molar-refractivity contribution in [3.63, 3.8) is 0 Å². The van der Waals surface area contributed by atoms with E-state index in [-0.39, 0.29) is 6.54 Å². The van der Waals surface area contributed by atoms with Crippen molar-refractivity contribution in [1.29, 1.82) is 0 Å². The molecule has 68 valence electrons. The molecule has 0 unspecified atom stereocenters. The fourth-order valence-electron chi connectivity index (χ4n) is 0.398. The van der Waals surface area contributed by atoms with Crippen molar-refractivity contribution in [3.05, 3.63) is 12.2 Å². The van der Waals surface area contributed by atoms with Crippen molar-refractivity contribution in [2.45, 2.75) is 6.29 Å². The molecule has 0 bridgehead atoms. The van der Waals surface area contributed by atoms with Gasteiger partial charge in [-0.3, -0.25) is 4.79 Å². The lowest BCUT2D eigenvalue weighted by Crippen LogP contribution is -2.30. The first-order valence-corrected chi connectivity index (χ1v) is 3.07. The Morgan fingerprint density at radius 3 is 2.33 bits per heavy atom. The molecule has 4 N–H and O–H groups in total. The van der Waals surface area contributed by atoms with Gasteiger partial charge >= 0.3 is 5.97 Å². The van der Waals surface area contributed by atoms with Crippen molar-refractivity contribution >= 4 is 11.9 Å². The molecule has 0 aliphatic rings. The summed E-state index contributed by atoms with van der Waals surface area (Å²) in [7, 11) is 0. The molecule has 0 fully saturated rings. The Morgan fingerprint density at radius 1 is 1.33 bits per heavy atom. The molecule has 0 heterocycles. The Labute approximate surface area is 68.1 Å². The number of hydrogen-bond donors (Lipinski definition) is 4. The predicted octanol–water partition coefficient (Wildman–Crippen LogP) is -1.95. The zero-order valence-corrected chi connectivity index (χ0v) is 6.10. The van der Waals surface area contributed by atoms with Gasteiger partial charge in [0.1, 0.15) is 0 Å². The Kier molecular flexibility index (Phi) is 4.66. The van der Waals surface area contributed by atoms with Crippen molar-refractivity contribution < 1.29 is 24.9 Å². The number of aliphatic carboxylic acids is 1. The highest BCUT2D eigenvalue weighted by molar-refractivity contribution is 5.93. The molecule has 0 spiro atoms. The summed E-state index contributed by atoms with van der Waals surface area (Å²) in [6, 6.07) is 0. The third kappa shape index (κ3) is 6.72. The monoisotopic (exact) mass is 175 g/mol. The molecule has 12 heavy (non-hydrogen) atoms. The smallest absolute Gasteiger partial charge is 0.328 e. The number of amides is 1. The van der Waals surface area contributed by atoms with Gasteiger partial charge in [-0.05, 0) is 0 Å². The molecular weight excluding hydrogens is 166 g/mol. The quantitative estimate of drug-likeness (QED) is 0.293. The van der Waals surface area contributed by atoms with Crippen LogP contribution in [0.2, 0.25) is 0 Å². The number of rotatable bonds is 4. The third-order valence-electron chi connectivity index (χ3n) is 0.836. The number of carboxylic acids is 1. The van der Waals surface area contributed by atoms with E-state index in [0.29, 0.717) is 6.08 Å². The Balaban J connectivity index is 3.67. The summed E-state index contributed by atoms with van der Waals surface area (Å²) in [6.45, 7) is -0.331. The highest BCUT2D eigenvalue weighted by Gasteiger charge is 1.99. The minimum absolute atomic E-state index is 0.331. The zero-order chi connectivity index (χ0) is 9.56. The number of carboxylic acid groups (broad SMARTS) is 1. The van der Waals surface area contributed by atoms with Crippen LogP contribution in [0.15, 0.2) is 12.2 Å². The summed E-state index contributed by atoms with van der Waals surface area (Å²) in [6.07, 6.45) is -0.198. The molecule has 0 saturated heterocycles. The van der Waals surface area contributed by atoms with Crippen LogP contribution in [-0.2, 0) is 9.59 Å². The van der Waals surface area contributed by atoms with Crippen LogP contribution in [0, 0.1) is 0 Å². The standard InChI is InChI=1S/C6H9NO5/c8-4(1-2-5(9)10)7-3-6(11)12/h1-2,6,11-12H,3H2,(H,7,8)(H,9,10)/b2-1-. The van der Waals surface area contributed by atoms with Gasteiger partial charge in [0.2, 0.25) is 5.91 Å². The van der Waals surface area contributed by atoms with Gasteiger partial charge < -0.3 is 20.6 Å². The second-order valence-electron chi connectivity index (χ2n) is 1.90. The summed E-state index contributed by atoms with van der Waals surface area (Å²) in [5.74, 6) is -1.93. The first-order valence-electron chi connectivity index (χ1n) is 3.07. The highest BCUT2D eigenvalue weighted by atomic mass is 16.5. The Bertz CT molecular complexity index is 198. The molecule has 0 rings (SSSR count). The highest BCUT2D eigenvalue weighted by Crippen LogP contribution is 1.75. The summed E-state index contributed by atoms with van der Waals surface area (Å²) < 4.78 is 0. The van der Waals surface area contributed by atoms with Crippen LogP contribution >= 0.6 is 0 Å². The predicted molar refractivity (Wildman–Crippen MR) is 38.0 cm³/mol. The van der Waals surface area contributed by atoms with Gasteiger partial charge in [-0.25, -0.2) is 4.79 Å². The molecule has 0 aromatic rings. The summed E-state index contributed by atoms with van der Waals surface area (Å²) in [5.41, 5.74) is 0. The second-order valence-corrected chi connectivity index (χ2v) is 1.90. The van der Waals surface area contributed by atoms with Crippen molar-refractivity contribution in [3.8, 4) is 0 Å². The first kappa shape index (κ1) is 10.6. The molecule has 0 saturated carbocycles. The Morgan fingerprint density at radius 2 is 1.92 bits per heavy atom. The number of nitrogens with one attached hydrogen (secondary N) is 1. The topological polar surface area (TPSA) is 107 Å². The van der Waals surface area contributed by atoms with Crippen molar-refractivity contribution in [2.24, 2.45) is 0 Å². The van der Waals surface area contributed by atoms with Crippen LogP contribution in [0.1, 0.15) is 0 Å². The minimum Gasteiger partial charge on any atom is -0.478 e. The van der Waals surface area contributed by atoms with Crippen molar-refractivity contribution in [2.75, 3.05) is 6.54 Å². The maximum atomic E-state index is 10.6. The van der Waals surface area contributed by atoms with Gasteiger partial charge in [0.15, 0.2) is 6.29 Å². The van der Waals surface area contributed by atoms with Gasteiger partial charge in [0, 0.05) is 12.2 Å². The van der Waals surface area contributed by atoms with Gasteiger partial charge in [-0.2, -0.15) is 0 Å². The van der Waals surface area contributed by atoms with E-state index in [0.717, 1.165) is 6.08 Å². The molecule has 1 amide bonds. The van der Waals surface area contributed by atoms with E-state index in [1.54, 1.807) is 0 Å². The average Bonchev–Trinajstić information content (AvgIpc) is 1.96. The molecule has 0 aromatic carbocycles. The third-order valence-corrected chi connectivity index (χ3v) is 0.836.